The zero-order valence-corrected chi connectivity index (χ0v) is 11.1. The molecule has 0 aliphatic rings. The maximum Gasteiger partial charge on any atom is 0.161 e. The Labute approximate surface area is 112 Å². The van der Waals surface area contributed by atoms with E-state index in [9.17, 15) is 0 Å². The van der Waals surface area contributed by atoms with Gasteiger partial charge in [0.15, 0.2) is 5.82 Å². The Hall–Kier alpha value is -2.13. The second-order valence-electron chi connectivity index (χ2n) is 3.45. The van der Waals surface area contributed by atoms with E-state index in [0.29, 0.717) is 5.82 Å². The third-order valence-corrected chi connectivity index (χ3v) is 2.97. The number of nitrogen functional groups attached to an aromatic ring is 1. The van der Waals surface area contributed by atoms with Crippen LogP contribution in [0.15, 0.2) is 28.9 Å². The molecule has 1 aromatic heterocycles. The molecule has 0 unspecified atom stereocenters. The summed E-state index contributed by atoms with van der Waals surface area (Å²) < 4.78 is 5.94. The molecule has 0 fully saturated rings. The fraction of sp³-hybridized carbons (Fsp3) is 0.0833. The first-order chi connectivity index (χ1) is 8.65. The van der Waals surface area contributed by atoms with Gasteiger partial charge in [0, 0.05) is 5.56 Å². The molecule has 18 heavy (non-hydrogen) atoms. The van der Waals surface area contributed by atoms with Crippen LogP contribution in [-0.2, 0) is 0 Å². The van der Waals surface area contributed by atoms with Gasteiger partial charge in [0.2, 0.25) is 0 Å². The van der Waals surface area contributed by atoms with Crippen molar-refractivity contribution < 1.29 is 4.74 Å². The minimum Gasteiger partial charge on any atom is -0.496 e. The summed E-state index contributed by atoms with van der Waals surface area (Å²) in [7, 11) is 1.59. The van der Waals surface area contributed by atoms with E-state index in [0.717, 1.165) is 15.8 Å². The molecule has 0 saturated carbocycles. The van der Waals surface area contributed by atoms with E-state index in [-0.39, 0.29) is 11.4 Å². The van der Waals surface area contributed by atoms with Crippen molar-refractivity contribution >= 4 is 21.7 Å². The maximum absolute atomic E-state index is 8.76. The Morgan fingerprint density at radius 1 is 1.44 bits per heavy atom. The number of nitriles is 1. The van der Waals surface area contributed by atoms with Gasteiger partial charge in [-0.25, -0.2) is 9.97 Å². The molecule has 2 rings (SSSR count). The molecular weight excluding hydrogens is 296 g/mol. The van der Waals surface area contributed by atoms with Gasteiger partial charge >= 0.3 is 0 Å². The van der Waals surface area contributed by atoms with Gasteiger partial charge < -0.3 is 10.5 Å². The Morgan fingerprint density at radius 3 is 2.78 bits per heavy atom. The normalized spacial score (nSPS) is 9.83. The van der Waals surface area contributed by atoms with Crippen molar-refractivity contribution in [3.63, 3.8) is 0 Å². The third-order valence-electron chi connectivity index (χ3n) is 2.35. The summed E-state index contributed by atoms with van der Waals surface area (Å²) in [4.78, 5) is 8.20. The van der Waals surface area contributed by atoms with E-state index in [1.165, 1.54) is 6.20 Å². The van der Waals surface area contributed by atoms with Crippen molar-refractivity contribution in [1.82, 2.24) is 9.97 Å². The lowest BCUT2D eigenvalue weighted by atomic mass is 10.2. The van der Waals surface area contributed by atoms with Crippen LogP contribution >= 0.6 is 15.9 Å². The summed E-state index contributed by atoms with van der Waals surface area (Å²) >= 11 is 3.39. The van der Waals surface area contributed by atoms with Crippen molar-refractivity contribution in [2.45, 2.75) is 0 Å². The summed E-state index contributed by atoms with van der Waals surface area (Å²) in [6.45, 7) is 0. The molecule has 0 saturated heterocycles. The van der Waals surface area contributed by atoms with Crippen molar-refractivity contribution in [1.29, 1.82) is 5.26 Å². The largest absolute Gasteiger partial charge is 0.496 e. The van der Waals surface area contributed by atoms with Crippen LogP contribution in [0, 0.1) is 11.3 Å². The standard InChI is InChI=1S/C12H9BrN4O/c1-18-10-3-2-7(4-9(10)13)12-16-6-8(5-14)11(15)17-12/h2-4,6H,1H3,(H2,15,16,17). The van der Waals surface area contributed by atoms with E-state index in [1.54, 1.807) is 13.2 Å². The number of anilines is 1. The Kier molecular flexibility index (Phi) is 3.44. The van der Waals surface area contributed by atoms with Crippen LogP contribution in [0.4, 0.5) is 5.82 Å². The molecule has 2 N–H and O–H groups in total. The molecule has 0 radical (unpaired) electrons. The highest BCUT2D eigenvalue weighted by Gasteiger charge is 2.08. The van der Waals surface area contributed by atoms with Crippen molar-refractivity contribution in [2.24, 2.45) is 0 Å². The lowest BCUT2D eigenvalue weighted by molar-refractivity contribution is 0.412. The summed E-state index contributed by atoms with van der Waals surface area (Å²) in [6, 6.07) is 7.38. The number of ether oxygens (including phenoxy) is 1. The Morgan fingerprint density at radius 2 is 2.22 bits per heavy atom. The van der Waals surface area contributed by atoms with Gasteiger partial charge in [-0.3, -0.25) is 0 Å². The zero-order chi connectivity index (χ0) is 13.1. The number of methoxy groups -OCH3 is 1. The van der Waals surface area contributed by atoms with E-state index in [2.05, 4.69) is 25.9 Å². The average molecular weight is 305 g/mol. The number of nitrogens with two attached hydrogens (primary N) is 1. The first-order valence-electron chi connectivity index (χ1n) is 5.02. The highest BCUT2D eigenvalue weighted by Crippen LogP contribution is 2.29. The molecule has 1 heterocycles. The van der Waals surface area contributed by atoms with E-state index >= 15 is 0 Å². The fourth-order valence-electron chi connectivity index (χ4n) is 1.43. The molecule has 0 atom stereocenters. The second kappa shape index (κ2) is 5.02. The van der Waals surface area contributed by atoms with Crippen molar-refractivity contribution in [3.8, 4) is 23.2 Å². The molecule has 5 nitrogen and oxygen atoms in total. The number of benzene rings is 1. The highest BCUT2D eigenvalue weighted by atomic mass is 79.9. The van der Waals surface area contributed by atoms with E-state index in [1.807, 2.05) is 18.2 Å². The molecule has 1 aromatic carbocycles. The number of rotatable bonds is 2. The lowest BCUT2D eigenvalue weighted by Gasteiger charge is -2.06. The highest BCUT2D eigenvalue weighted by molar-refractivity contribution is 9.10. The van der Waals surface area contributed by atoms with E-state index in [4.69, 9.17) is 15.7 Å². The monoisotopic (exact) mass is 304 g/mol. The maximum atomic E-state index is 8.76. The smallest absolute Gasteiger partial charge is 0.161 e. The number of nitrogens with zero attached hydrogens (tertiary/aromatic N) is 3. The summed E-state index contributed by atoms with van der Waals surface area (Å²) in [6.07, 6.45) is 1.41. The van der Waals surface area contributed by atoms with Crippen molar-refractivity contribution in [3.05, 3.63) is 34.4 Å². The minimum atomic E-state index is 0.175. The molecule has 0 aliphatic heterocycles. The molecule has 2 aromatic rings. The SMILES string of the molecule is COc1ccc(-c2ncc(C#N)c(N)n2)cc1Br. The van der Waals surface area contributed by atoms with Gasteiger partial charge in [0.25, 0.3) is 0 Å². The van der Waals surface area contributed by atoms with Crippen LogP contribution in [-0.4, -0.2) is 17.1 Å². The Balaban J connectivity index is 2.46. The van der Waals surface area contributed by atoms with Crippen LogP contribution in [0.25, 0.3) is 11.4 Å². The molecule has 0 aliphatic carbocycles. The molecule has 6 heteroatoms. The van der Waals surface area contributed by atoms with Crippen LogP contribution in [0.5, 0.6) is 5.75 Å². The molecule has 0 amide bonds. The predicted octanol–water partition coefficient (Wildman–Crippen LogP) is 2.37. The van der Waals surface area contributed by atoms with Crippen molar-refractivity contribution in [2.75, 3.05) is 12.8 Å². The topological polar surface area (TPSA) is 84.8 Å². The minimum absolute atomic E-state index is 0.175. The van der Waals surface area contributed by atoms with Gasteiger partial charge in [-0.05, 0) is 34.1 Å². The summed E-state index contributed by atoms with van der Waals surface area (Å²) in [5.41, 5.74) is 6.71. The first-order valence-corrected chi connectivity index (χ1v) is 5.81. The lowest BCUT2D eigenvalue weighted by Crippen LogP contribution is -1.99. The molecular formula is C12H9BrN4O. The summed E-state index contributed by atoms with van der Waals surface area (Å²) in [5, 5.41) is 8.76. The van der Waals surface area contributed by atoms with Gasteiger partial charge in [-0.1, -0.05) is 0 Å². The van der Waals surface area contributed by atoms with Gasteiger partial charge in [-0.15, -0.1) is 0 Å². The number of halogens is 1. The quantitative estimate of drug-likeness (QED) is 0.920. The van der Waals surface area contributed by atoms with Gasteiger partial charge in [0.05, 0.1) is 17.8 Å². The van der Waals surface area contributed by atoms with Crippen LogP contribution in [0.3, 0.4) is 0 Å². The van der Waals surface area contributed by atoms with E-state index < -0.39 is 0 Å². The number of hydrogen-bond acceptors (Lipinski definition) is 5. The van der Waals surface area contributed by atoms with Crippen LogP contribution < -0.4 is 10.5 Å². The fourth-order valence-corrected chi connectivity index (χ4v) is 1.97. The van der Waals surface area contributed by atoms with Crippen LogP contribution in [0.2, 0.25) is 0 Å². The predicted molar refractivity (Wildman–Crippen MR) is 70.8 cm³/mol. The number of aromatic nitrogens is 2. The van der Waals surface area contributed by atoms with Gasteiger partial charge in [0.1, 0.15) is 23.2 Å². The average Bonchev–Trinajstić information content (AvgIpc) is 2.38. The molecule has 90 valence electrons. The summed E-state index contributed by atoms with van der Waals surface area (Å²) in [5.74, 6) is 1.37. The zero-order valence-electron chi connectivity index (χ0n) is 9.51. The third kappa shape index (κ3) is 2.26. The second-order valence-corrected chi connectivity index (χ2v) is 4.31. The van der Waals surface area contributed by atoms with Crippen LogP contribution in [0.1, 0.15) is 5.56 Å². The molecule has 0 spiro atoms. The van der Waals surface area contributed by atoms with Gasteiger partial charge in [-0.2, -0.15) is 5.26 Å². The number of hydrogen-bond donors (Lipinski definition) is 1. The molecule has 0 bridgehead atoms. The Bertz CT molecular complexity index is 636. The first kappa shape index (κ1) is 12.3.